The first-order valence-electron chi connectivity index (χ1n) is 5.55. The second kappa shape index (κ2) is 5.61. The highest BCUT2D eigenvalue weighted by Crippen LogP contribution is 2.34. The first-order chi connectivity index (χ1) is 8.58. The Morgan fingerprint density at radius 3 is 2.50 bits per heavy atom. The predicted octanol–water partition coefficient (Wildman–Crippen LogP) is 4.81. The zero-order valence-corrected chi connectivity index (χ0v) is 11.4. The zero-order chi connectivity index (χ0) is 13.1. The van der Waals surface area contributed by atoms with Gasteiger partial charge in [0.05, 0.1) is 5.02 Å². The Labute approximate surface area is 116 Å². The van der Waals surface area contributed by atoms with Crippen molar-refractivity contribution in [3.05, 3.63) is 58.1 Å². The largest absolute Gasteiger partial charge is 0.455 e. The minimum Gasteiger partial charge on any atom is -0.455 e. The second-order valence-corrected chi connectivity index (χ2v) is 4.85. The van der Waals surface area contributed by atoms with Crippen LogP contribution in [0, 0.1) is 0 Å². The van der Waals surface area contributed by atoms with Gasteiger partial charge < -0.3 is 10.5 Å². The Bertz CT molecular complexity index is 555. The Balaban J connectivity index is 2.37. The minimum absolute atomic E-state index is 0.112. The molecule has 0 aliphatic carbocycles. The number of benzene rings is 2. The summed E-state index contributed by atoms with van der Waals surface area (Å²) in [5.41, 5.74) is 6.82. The zero-order valence-electron chi connectivity index (χ0n) is 9.86. The lowest BCUT2D eigenvalue weighted by Gasteiger charge is -2.14. The van der Waals surface area contributed by atoms with Gasteiger partial charge in [-0.1, -0.05) is 41.4 Å². The number of para-hydroxylation sites is 1. The molecule has 2 aromatic carbocycles. The average molecular weight is 282 g/mol. The number of halogens is 2. The van der Waals surface area contributed by atoms with Crippen LogP contribution in [0.15, 0.2) is 42.5 Å². The quantitative estimate of drug-likeness (QED) is 0.877. The summed E-state index contributed by atoms with van der Waals surface area (Å²) in [6.07, 6.45) is 0. The molecule has 0 spiro atoms. The van der Waals surface area contributed by atoms with Gasteiger partial charge in [0.2, 0.25) is 0 Å². The van der Waals surface area contributed by atoms with E-state index in [1.807, 2.05) is 31.2 Å². The molecular formula is C14H13Cl2NO. The molecule has 1 atom stereocenters. The highest BCUT2D eigenvalue weighted by molar-refractivity contribution is 6.34. The van der Waals surface area contributed by atoms with Crippen molar-refractivity contribution in [1.29, 1.82) is 0 Å². The summed E-state index contributed by atoms with van der Waals surface area (Å²) in [4.78, 5) is 0. The number of hydrogen-bond acceptors (Lipinski definition) is 2. The molecule has 2 rings (SSSR count). The molecule has 0 heterocycles. The van der Waals surface area contributed by atoms with Gasteiger partial charge in [-0.25, -0.2) is 0 Å². The lowest BCUT2D eigenvalue weighted by Crippen LogP contribution is -2.06. The summed E-state index contributed by atoms with van der Waals surface area (Å²) in [6, 6.07) is 12.6. The summed E-state index contributed by atoms with van der Waals surface area (Å²) in [5.74, 6) is 1.22. The Hall–Kier alpha value is -1.22. The molecule has 2 aromatic rings. The van der Waals surface area contributed by atoms with Crippen LogP contribution in [-0.2, 0) is 0 Å². The predicted molar refractivity (Wildman–Crippen MR) is 75.6 cm³/mol. The number of hydrogen-bond donors (Lipinski definition) is 1. The maximum absolute atomic E-state index is 6.06. The van der Waals surface area contributed by atoms with E-state index in [0.29, 0.717) is 21.5 Å². The SMILES string of the molecule is C[C@@H](N)c1ccccc1Oc1cc(Cl)ccc1Cl. The van der Waals surface area contributed by atoms with Crippen LogP contribution in [0.3, 0.4) is 0 Å². The Morgan fingerprint density at radius 2 is 1.78 bits per heavy atom. The number of ether oxygens (including phenoxy) is 1. The topological polar surface area (TPSA) is 35.2 Å². The molecule has 0 aromatic heterocycles. The number of nitrogens with two attached hydrogens (primary N) is 1. The summed E-state index contributed by atoms with van der Waals surface area (Å²) >= 11 is 12.0. The van der Waals surface area contributed by atoms with Crippen LogP contribution in [0.2, 0.25) is 10.0 Å². The second-order valence-electron chi connectivity index (χ2n) is 4.00. The average Bonchev–Trinajstić information content (AvgIpc) is 2.34. The van der Waals surface area contributed by atoms with Crippen molar-refractivity contribution in [1.82, 2.24) is 0 Å². The molecule has 0 unspecified atom stereocenters. The van der Waals surface area contributed by atoms with Gasteiger partial charge in [-0.05, 0) is 25.1 Å². The summed E-state index contributed by atoms with van der Waals surface area (Å²) in [7, 11) is 0. The van der Waals surface area contributed by atoms with Gasteiger partial charge in [0, 0.05) is 22.7 Å². The first kappa shape index (κ1) is 13.2. The molecule has 0 fully saturated rings. The molecule has 0 radical (unpaired) electrons. The van der Waals surface area contributed by atoms with Crippen LogP contribution in [0.25, 0.3) is 0 Å². The summed E-state index contributed by atoms with van der Waals surface area (Å²) in [6.45, 7) is 1.90. The van der Waals surface area contributed by atoms with Crippen LogP contribution < -0.4 is 10.5 Å². The lowest BCUT2D eigenvalue weighted by molar-refractivity contribution is 0.472. The van der Waals surface area contributed by atoms with E-state index in [-0.39, 0.29) is 6.04 Å². The molecular weight excluding hydrogens is 269 g/mol. The van der Waals surface area contributed by atoms with E-state index in [1.165, 1.54) is 0 Å². The van der Waals surface area contributed by atoms with E-state index in [1.54, 1.807) is 18.2 Å². The van der Waals surface area contributed by atoms with E-state index in [0.717, 1.165) is 5.56 Å². The molecule has 18 heavy (non-hydrogen) atoms. The fourth-order valence-electron chi connectivity index (χ4n) is 1.62. The smallest absolute Gasteiger partial charge is 0.147 e. The van der Waals surface area contributed by atoms with Crippen LogP contribution in [-0.4, -0.2) is 0 Å². The highest BCUT2D eigenvalue weighted by atomic mass is 35.5. The molecule has 94 valence electrons. The van der Waals surface area contributed by atoms with Crippen molar-refractivity contribution in [3.63, 3.8) is 0 Å². The van der Waals surface area contributed by atoms with E-state index in [2.05, 4.69) is 0 Å². The molecule has 0 bridgehead atoms. The third-order valence-electron chi connectivity index (χ3n) is 2.52. The van der Waals surface area contributed by atoms with Gasteiger partial charge in [-0.2, -0.15) is 0 Å². The van der Waals surface area contributed by atoms with E-state index in [9.17, 15) is 0 Å². The Kier molecular flexibility index (Phi) is 4.12. The molecule has 0 aliphatic heterocycles. The van der Waals surface area contributed by atoms with Crippen molar-refractivity contribution in [3.8, 4) is 11.5 Å². The normalized spacial score (nSPS) is 12.2. The molecule has 2 N–H and O–H groups in total. The molecule has 0 saturated heterocycles. The summed E-state index contributed by atoms with van der Waals surface area (Å²) < 4.78 is 5.79. The van der Waals surface area contributed by atoms with E-state index < -0.39 is 0 Å². The van der Waals surface area contributed by atoms with Crippen molar-refractivity contribution in [2.45, 2.75) is 13.0 Å². The van der Waals surface area contributed by atoms with Crippen molar-refractivity contribution in [2.75, 3.05) is 0 Å². The lowest BCUT2D eigenvalue weighted by atomic mass is 10.1. The van der Waals surface area contributed by atoms with Crippen LogP contribution in [0.1, 0.15) is 18.5 Å². The highest BCUT2D eigenvalue weighted by Gasteiger charge is 2.10. The molecule has 4 heteroatoms. The van der Waals surface area contributed by atoms with E-state index >= 15 is 0 Å². The summed E-state index contributed by atoms with van der Waals surface area (Å²) in [5, 5.41) is 1.09. The third kappa shape index (κ3) is 2.96. The minimum atomic E-state index is -0.112. The number of rotatable bonds is 3. The molecule has 0 saturated carbocycles. The fraction of sp³-hybridized carbons (Fsp3) is 0.143. The van der Waals surface area contributed by atoms with Gasteiger partial charge in [0.15, 0.2) is 0 Å². The van der Waals surface area contributed by atoms with Gasteiger partial charge in [0.1, 0.15) is 11.5 Å². The fourth-order valence-corrected chi connectivity index (χ4v) is 1.94. The van der Waals surface area contributed by atoms with Crippen molar-refractivity contribution < 1.29 is 4.74 Å². The molecule has 2 nitrogen and oxygen atoms in total. The molecule has 0 aliphatic rings. The van der Waals surface area contributed by atoms with Crippen molar-refractivity contribution >= 4 is 23.2 Å². The molecule has 0 amide bonds. The monoisotopic (exact) mass is 281 g/mol. The Morgan fingerprint density at radius 1 is 1.06 bits per heavy atom. The van der Waals surface area contributed by atoms with Gasteiger partial charge in [-0.15, -0.1) is 0 Å². The van der Waals surface area contributed by atoms with Gasteiger partial charge >= 0.3 is 0 Å². The van der Waals surface area contributed by atoms with Crippen LogP contribution in [0.4, 0.5) is 0 Å². The van der Waals surface area contributed by atoms with Gasteiger partial charge in [0.25, 0.3) is 0 Å². The van der Waals surface area contributed by atoms with Gasteiger partial charge in [-0.3, -0.25) is 0 Å². The maximum atomic E-state index is 6.06. The van der Waals surface area contributed by atoms with Crippen LogP contribution in [0.5, 0.6) is 11.5 Å². The van der Waals surface area contributed by atoms with Crippen LogP contribution >= 0.6 is 23.2 Å². The third-order valence-corrected chi connectivity index (χ3v) is 3.07. The van der Waals surface area contributed by atoms with E-state index in [4.69, 9.17) is 33.7 Å². The maximum Gasteiger partial charge on any atom is 0.147 e. The standard InChI is InChI=1S/C14H13Cl2NO/c1-9(17)11-4-2-3-5-13(11)18-14-8-10(15)6-7-12(14)16/h2-9H,17H2,1H3/t9-/m1/s1. The first-order valence-corrected chi connectivity index (χ1v) is 6.31. The van der Waals surface area contributed by atoms with Crippen molar-refractivity contribution in [2.24, 2.45) is 5.73 Å².